The van der Waals surface area contributed by atoms with Crippen LogP contribution in [-0.4, -0.2) is 22.2 Å². The molecule has 4 heteroatoms. The number of aliphatic carboxylic acids is 1. The van der Waals surface area contributed by atoms with Crippen LogP contribution in [0.2, 0.25) is 0 Å². The van der Waals surface area contributed by atoms with E-state index in [1.165, 1.54) is 38.9 Å². The monoisotopic (exact) mass is 523 g/mol. The van der Waals surface area contributed by atoms with Gasteiger partial charge in [-0.25, -0.2) is 4.79 Å². The van der Waals surface area contributed by atoms with Crippen molar-refractivity contribution in [2.24, 2.45) is 0 Å². The van der Waals surface area contributed by atoms with Gasteiger partial charge in [-0.05, 0) is 57.6 Å². The molecule has 0 aliphatic heterocycles. The van der Waals surface area contributed by atoms with Crippen molar-refractivity contribution >= 4 is 16.9 Å². The van der Waals surface area contributed by atoms with Crippen LogP contribution >= 0.6 is 0 Å². The Balaban J connectivity index is 1.52. The van der Waals surface area contributed by atoms with E-state index < -0.39 is 5.97 Å². The van der Waals surface area contributed by atoms with Gasteiger partial charge in [0.05, 0.1) is 5.69 Å². The number of fused-ring (bicyclic) bond motifs is 1. The molecule has 0 spiro atoms. The Morgan fingerprint density at radius 3 is 1.90 bits per heavy atom. The number of rotatable bonds is 9. The molecule has 0 unspecified atom stereocenters. The summed E-state index contributed by atoms with van der Waals surface area (Å²) in [5.74, 6) is -0.452. The lowest BCUT2D eigenvalue weighted by atomic mass is 9.96. The van der Waals surface area contributed by atoms with Gasteiger partial charge in [0, 0.05) is 23.9 Å². The first-order chi connectivity index (χ1) is 19.7. The van der Waals surface area contributed by atoms with Crippen LogP contribution in [0, 0.1) is 0 Å². The summed E-state index contributed by atoms with van der Waals surface area (Å²) in [6.45, 7) is 0.413. The fourth-order valence-corrected chi connectivity index (χ4v) is 5.33. The zero-order valence-corrected chi connectivity index (χ0v) is 22.0. The minimum atomic E-state index is -0.991. The number of hydrogen-bond acceptors (Lipinski definition) is 2. The number of carboxylic acid groups (broad SMARTS) is 1. The fourth-order valence-electron chi connectivity index (χ4n) is 5.33. The van der Waals surface area contributed by atoms with E-state index in [4.69, 9.17) is 9.84 Å². The van der Waals surface area contributed by atoms with Gasteiger partial charge in [-0.15, -0.1) is 0 Å². The predicted molar refractivity (Wildman–Crippen MR) is 161 cm³/mol. The fraction of sp³-hybridized carbons (Fsp3) is 0.0833. The molecule has 40 heavy (non-hydrogen) atoms. The molecule has 4 nitrogen and oxygen atoms in total. The molecule has 5 aromatic carbocycles. The molecule has 1 heterocycles. The van der Waals surface area contributed by atoms with Crippen LogP contribution in [0.4, 0.5) is 0 Å². The SMILES string of the molecule is O=C(O)COc1ccc(-c2ccc3c(c2)c(Cc2ccccc2)c(-c2ccccc2)n3Cc2ccccc2)cc1. The first-order valence-corrected chi connectivity index (χ1v) is 13.4. The molecule has 0 atom stereocenters. The molecule has 1 aromatic heterocycles. The summed E-state index contributed by atoms with van der Waals surface area (Å²) >= 11 is 0. The largest absolute Gasteiger partial charge is 0.482 e. The van der Waals surface area contributed by atoms with Crippen molar-refractivity contribution in [1.29, 1.82) is 0 Å². The van der Waals surface area contributed by atoms with Crippen LogP contribution in [-0.2, 0) is 17.8 Å². The molecule has 0 radical (unpaired) electrons. The van der Waals surface area contributed by atoms with Gasteiger partial charge in [-0.3, -0.25) is 0 Å². The van der Waals surface area contributed by atoms with Gasteiger partial charge in [0.15, 0.2) is 6.61 Å². The second-order valence-electron chi connectivity index (χ2n) is 9.87. The van der Waals surface area contributed by atoms with Crippen LogP contribution in [0.5, 0.6) is 5.75 Å². The van der Waals surface area contributed by atoms with E-state index >= 15 is 0 Å². The van der Waals surface area contributed by atoms with Gasteiger partial charge in [0.25, 0.3) is 0 Å². The Morgan fingerprint density at radius 1 is 0.650 bits per heavy atom. The highest BCUT2D eigenvalue weighted by molar-refractivity contribution is 5.95. The van der Waals surface area contributed by atoms with Crippen LogP contribution in [0.3, 0.4) is 0 Å². The summed E-state index contributed by atoms with van der Waals surface area (Å²) in [7, 11) is 0. The molecule has 0 saturated heterocycles. The number of carboxylic acids is 1. The number of ether oxygens (including phenoxy) is 1. The van der Waals surface area contributed by atoms with E-state index in [1.54, 1.807) is 0 Å². The third-order valence-corrected chi connectivity index (χ3v) is 7.17. The van der Waals surface area contributed by atoms with Gasteiger partial charge in [0.2, 0.25) is 0 Å². The molecular weight excluding hydrogens is 494 g/mol. The van der Waals surface area contributed by atoms with Crippen molar-refractivity contribution in [3.63, 3.8) is 0 Å². The third kappa shape index (κ3) is 5.38. The standard InChI is InChI=1S/C36H29NO3/c38-35(39)25-40-31-19-16-28(17-20-31)30-18-21-34-32(23-30)33(22-26-10-4-1-5-11-26)36(29-14-8-3-9-15-29)37(34)24-27-12-6-2-7-13-27/h1-21,23H,22,24-25H2,(H,38,39). The van der Waals surface area contributed by atoms with Gasteiger partial charge in [0.1, 0.15) is 5.75 Å². The molecule has 0 amide bonds. The first kappa shape index (κ1) is 25.2. The maximum Gasteiger partial charge on any atom is 0.341 e. The van der Waals surface area contributed by atoms with Crippen molar-refractivity contribution < 1.29 is 14.6 Å². The Bertz CT molecular complexity index is 1740. The number of benzene rings is 5. The highest BCUT2D eigenvalue weighted by Gasteiger charge is 2.20. The summed E-state index contributed by atoms with van der Waals surface area (Å²) in [5.41, 5.74) is 9.59. The number of carbonyl (C=O) groups is 1. The molecule has 0 fully saturated rings. The van der Waals surface area contributed by atoms with E-state index in [1.807, 2.05) is 24.3 Å². The zero-order chi connectivity index (χ0) is 27.3. The van der Waals surface area contributed by atoms with Gasteiger partial charge < -0.3 is 14.4 Å². The second-order valence-corrected chi connectivity index (χ2v) is 9.87. The maximum atomic E-state index is 10.9. The topological polar surface area (TPSA) is 51.5 Å². The van der Waals surface area contributed by atoms with Gasteiger partial charge in [-0.1, -0.05) is 109 Å². The molecule has 0 bridgehead atoms. The lowest BCUT2D eigenvalue weighted by Gasteiger charge is -2.13. The molecular formula is C36H29NO3. The van der Waals surface area contributed by atoms with Crippen LogP contribution in [0.15, 0.2) is 133 Å². The number of hydrogen-bond donors (Lipinski definition) is 1. The van der Waals surface area contributed by atoms with Crippen molar-refractivity contribution in [3.8, 4) is 28.1 Å². The summed E-state index contributed by atoms with van der Waals surface area (Å²) in [5, 5.41) is 10.1. The average molecular weight is 524 g/mol. The highest BCUT2D eigenvalue weighted by Crippen LogP contribution is 2.38. The molecule has 1 N–H and O–H groups in total. The summed E-state index contributed by atoms with van der Waals surface area (Å²) in [6.07, 6.45) is 0.814. The Hall–Kier alpha value is -5.09. The highest BCUT2D eigenvalue weighted by atomic mass is 16.5. The Kier molecular flexibility index (Phi) is 7.14. The van der Waals surface area contributed by atoms with Crippen LogP contribution in [0.1, 0.15) is 16.7 Å². The van der Waals surface area contributed by atoms with Crippen molar-refractivity contribution in [3.05, 3.63) is 150 Å². The quantitative estimate of drug-likeness (QED) is 0.208. The summed E-state index contributed by atoms with van der Waals surface area (Å²) in [4.78, 5) is 10.9. The molecule has 6 rings (SSSR count). The van der Waals surface area contributed by atoms with Crippen molar-refractivity contribution in [2.45, 2.75) is 13.0 Å². The molecule has 0 saturated carbocycles. The number of nitrogens with zero attached hydrogens (tertiary/aromatic N) is 1. The minimum absolute atomic E-state index is 0.356. The second kappa shape index (κ2) is 11.3. The van der Waals surface area contributed by atoms with Crippen molar-refractivity contribution in [1.82, 2.24) is 4.57 Å². The predicted octanol–water partition coefficient (Wildman–Crippen LogP) is 8.08. The molecule has 0 aliphatic rings. The minimum Gasteiger partial charge on any atom is -0.482 e. The third-order valence-electron chi connectivity index (χ3n) is 7.17. The van der Waals surface area contributed by atoms with E-state index in [-0.39, 0.29) is 6.61 Å². The van der Waals surface area contributed by atoms with Crippen LogP contribution in [0.25, 0.3) is 33.3 Å². The Morgan fingerprint density at radius 2 is 1.25 bits per heavy atom. The number of aromatic nitrogens is 1. The van der Waals surface area contributed by atoms with E-state index in [2.05, 4.69) is 114 Å². The van der Waals surface area contributed by atoms with Crippen LogP contribution < -0.4 is 4.74 Å². The van der Waals surface area contributed by atoms with Crippen molar-refractivity contribution in [2.75, 3.05) is 6.61 Å². The maximum absolute atomic E-state index is 10.9. The van der Waals surface area contributed by atoms with E-state index in [0.29, 0.717) is 5.75 Å². The van der Waals surface area contributed by atoms with E-state index in [0.717, 1.165) is 24.1 Å². The zero-order valence-electron chi connectivity index (χ0n) is 22.0. The normalized spacial score (nSPS) is 11.0. The summed E-state index contributed by atoms with van der Waals surface area (Å²) in [6, 6.07) is 46.2. The molecule has 6 aromatic rings. The smallest absolute Gasteiger partial charge is 0.341 e. The van der Waals surface area contributed by atoms with Gasteiger partial charge in [-0.2, -0.15) is 0 Å². The first-order valence-electron chi connectivity index (χ1n) is 13.4. The summed E-state index contributed by atoms with van der Waals surface area (Å²) < 4.78 is 7.79. The lowest BCUT2D eigenvalue weighted by molar-refractivity contribution is -0.139. The van der Waals surface area contributed by atoms with Gasteiger partial charge >= 0.3 is 5.97 Å². The average Bonchev–Trinajstić information content (AvgIpc) is 3.29. The molecule has 196 valence electrons. The Labute approximate surface area is 233 Å². The van der Waals surface area contributed by atoms with E-state index in [9.17, 15) is 4.79 Å². The molecule has 0 aliphatic carbocycles. The lowest BCUT2D eigenvalue weighted by Crippen LogP contribution is -2.09.